The van der Waals surface area contributed by atoms with Crippen LogP contribution in [0.5, 0.6) is 0 Å². The summed E-state index contributed by atoms with van der Waals surface area (Å²) in [7, 11) is -5.11. The predicted molar refractivity (Wildman–Crippen MR) is 207 cm³/mol. The number of phosphoric ester groups is 1. The van der Waals surface area contributed by atoms with Crippen molar-refractivity contribution >= 4 is 19.8 Å². The van der Waals surface area contributed by atoms with E-state index in [9.17, 15) is 44.6 Å². The molecule has 0 bridgehead atoms. The van der Waals surface area contributed by atoms with Gasteiger partial charge in [0.25, 0.3) is 0 Å². The van der Waals surface area contributed by atoms with Gasteiger partial charge in [-0.25, -0.2) is 4.57 Å². The molecule has 0 aromatic carbocycles. The van der Waals surface area contributed by atoms with Gasteiger partial charge in [0.15, 0.2) is 6.10 Å². The van der Waals surface area contributed by atoms with Crippen LogP contribution in [0.1, 0.15) is 174 Å². The lowest BCUT2D eigenvalue weighted by Crippen LogP contribution is -2.64. The number of hydrogen-bond acceptors (Lipinski definition) is 12. The highest BCUT2D eigenvalue weighted by atomic mass is 31.2. The molecule has 0 aromatic heterocycles. The molecule has 0 amide bonds. The summed E-state index contributed by atoms with van der Waals surface area (Å²) in [5, 5.41) is 50.0. The Balaban J connectivity index is 2.48. The Bertz CT molecular complexity index is 1010. The van der Waals surface area contributed by atoms with E-state index < -0.39 is 75.7 Å². The van der Waals surface area contributed by atoms with Gasteiger partial charge in [-0.1, -0.05) is 142 Å². The fourth-order valence-corrected chi connectivity index (χ4v) is 7.38. The number of aliphatic hydroxyl groups excluding tert-OH is 5. The SMILES string of the molecule is CCC/C=C\CCCCCCCC(=O)OC(COC(=O)CCCCCCCCCCCCCCCCC)COP(=O)(O)OC1C(O)C(O)C(O)C(O)C1O. The summed E-state index contributed by atoms with van der Waals surface area (Å²) in [6, 6.07) is 0. The molecule has 6 atom stereocenters. The summed E-state index contributed by atoms with van der Waals surface area (Å²) in [5.74, 6) is -1.11. The summed E-state index contributed by atoms with van der Waals surface area (Å²) in [6.07, 6.45) is 17.2. The van der Waals surface area contributed by atoms with Crippen LogP contribution in [0.3, 0.4) is 0 Å². The molecule has 0 heterocycles. The Hall–Kier alpha value is -1.41. The highest BCUT2D eigenvalue weighted by molar-refractivity contribution is 7.47. The summed E-state index contributed by atoms with van der Waals surface area (Å²) in [5.41, 5.74) is 0. The van der Waals surface area contributed by atoms with Crippen LogP contribution in [-0.4, -0.2) is 98.3 Å². The second-order valence-electron chi connectivity index (χ2n) is 14.8. The summed E-state index contributed by atoms with van der Waals surface area (Å²) in [6.45, 7) is 3.21. The van der Waals surface area contributed by atoms with Gasteiger partial charge in [0.05, 0.1) is 6.61 Å². The third-order valence-corrected chi connectivity index (χ3v) is 10.8. The zero-order valence-electron chi connectivity index (χ0n) is 33.3. The van der Waals surface area contributed by atoms with E-state index in [1.54, 1.807) is 0 Å². The lowest BCUT2D eigenvalue weighted by atomic mass is 9.85. The van der Waals surface area contributed by atoms with Gasteiger partial charge in [0.1, 0.15) is 43.2 Å². The lowest BCUT2D eigenvalue weighted by Gasteiger charge is -2.41. The number of aliphatic hydroxyl groups is 5. The van der Waals surface area contributed by atoms with Crippen LogP contribution in [0, 0.1) is 0 Å². The maximum atomic E-state index is 12.7. The van der Waals surface area contributed by atoms with Gasteiger partial charge in [0.2, 0.25) is 0 Å². The molecule has 1 saturated carbocycles. The third kappa shape index (κ3) is 24.3. The van der Waals surface area contributed by atoms with Crippen LogP contribution in [0.15, 0.2) is 12.2 Å². The topological polar surface area (TPSA) is 210 Å². The van der Waals surface area contributed by atoms with E-state index in [1.807, 2.05) is 0 Å². The van der Waals surface area contributed by atoms with Gasteiger partial charge < -0.3 is 39.9 Å². The van der Waals surface area contributed by atoms with Crippen molar-refractivity contribution in [2.75, 3.05) is 13.2 Å². The zero-order valence-corrected chi connectivity index (χ0v) is 34.2. The van der Waals surface area contributed by atoms with E-state index >= 15 is 0 Å². The lowest BCUT2D eigenvalue weighted by molar-refractivity contribution is -0.220. The van der Waals surface area contributed by atoms with Gasteiger partial charge in [-0.15, -0.1) is 0 Å². The smallest absolute Gasteiger partial charge is 0.462 e. The summed E-state index contributed by atoms with van der Waals surface area (Å²) >= 11 is 0. The predicted octanol–water partition coefficient (Wildman–Crippen LogP) is 7.11. The molecule has 0 spiro atoms. The van der Waals surface area contributed by atoms with E-state index in [1.165, 1.54) is 70.6 Å². The molecule has 0 aromatic rings. The molecular weight excluding hydrogens is 719 g/mol. The number of carbonyl (C=O) groups excluding carboxylic acids is 2. The van der Waals surface area contributed by atoms with Crippen molar-refractivity contribution in [2.24, 2.45) is 0 Å². The van der Waals surface area contributed by atoms with Crippen molar-refractivity contribution in [1.29, 1.82) is 0 Å². The number of ether oxygens (including phenoxy) is 2. The van der Waals surface area contributed by atoms with Gasteiger partial charge >= 0.3 is 19.8 Å². The molecule has 0 saturated heterocycles. The first-order valence-corrected chi connectivity index (χ1v) is 22.5. The maximum Gasteiger partial charge on any atom is 0.472 e. The van der Waals surface area contributed by atoms with Crippen molar-refractivity contribution in [2.45, 2.75) is 217 Å². The second kappa shape index (κ2) is 31.6. The number of allylic oxidation sites excluding steroid dienone is 2. The molecule has 0 aliphatic heterocycles. The maximum absolute atomic E-state index is 12.7. The Kier molecular flexibility index (Phi) is 29.7. The van der Waals surface area contributed by atoms with Crippen molar-refractivity contribution in [3.63, 3.8) is 0 Å². The monoisotopic (exact) mass is 794 g/mol. The molecule has 6 N–H and O–H groups in total. The van der Waals surface area contributed by atoms with Crippen LogP contribution in [0.4, 0.5) is 0 Å². The first kappa shape index (κ1) is 50.6. The minimum atomic E-state index is -5.11. The molecule has 1 aliphatic rings. The Morgan fingerprint density at radius 3 is 1.48 bits per heavy atom. The summed E-state index contributed by atoms with van der Waals surface area (Å²) in [4.78, 5) is 35.5. The number of rotatable bonds is 34. The quantitative estimate of drug-likeness (QED) is 0.0166. The largest absolute Gasteiger partial charge is 0.472 e. The average Bonchev–Trinajstić information content (AvgIpc) is 3.15. The number of phosphoric acid groups is 1. The first-order valence-electron chi connectivity index (χ1n) is 21.0. The van der Waals surface area contributed by atoms with Crippen LogP contribution < -0.4 is 0 Å². The van der Waals surface area contributed by atoms with E-state index in [0.29, 0.717) is 12.8 Å². The van der Waals surface area contributed by atoms with Crippen LogP contribution in [-0.2, 0) is 32.7 Å². The average molecular weight is 795 g/mol. The van der Waals surface area contributed by atoms with E-state index in [0.717, 1.165) is 64.2 Å². The molecule has 1 fully saturated rings. The van der Waals surface area contributed by atoms with Gasteiger partial charge in [-0.05, 0) is 32.1 Å². The van der Waals surface area contributed by atoms with Crippen LogP contribution >= 0.6 is 7.82 Å². The van der Waals surface area contributed by atoms with Crippen molar-refractivity contribution in [1.82, 2.24) is 0 Å². The zero-order chi connectivity index (χ0) is 40.0. The Morgan fingerprint density at radius 1 is 0.556 bits per heavy atom. The van der Waals surface area contributed by atoms with Gasteiger partial charge in [-0.3, -0.25) is 18.6 Å². The second-order valence-corrected chi connectivity index (χ2v) is 16.3. The molecule has 13 nitrogen and oxygen atoms in total. The number of hydrogen-bond donors (Lipinski definition) is 6. The van der Waals surface area contributed by atoms with Crippen LogP contribution in [0.2, 0.25) is 0 Å². The Labute approximate surface area is 324 Å². The minimum absolute atomic E-state index is 0.0891. The van der Waals surface area contributed by atoms with E-state index in [4.69, 9.17) is 18.5 Å². The molecule has 1 aliphatic carbocycles. The fourth-order valence-electron chi connectivity index (χ4n) is 6.41. The molecule has 318 valence electrons. The number of esters is 2. The van der Waals surface area contributed by atoms with E-state index in [2.05, 4.69) is 26.0 Å². The number of carbonyl (C=O) groups is 2. The molecule has 0 radical (unpaired) electrons. The molecular formula is C40H75O13P. The van der Waals surface area contributed by atoms with Crippen molar-refractivity contribution in [3.05, 3.63) is 12.2 Å². The normalized spacial score (nSPS) is 23.3. The van der Waals surface area contributed by atoms with E-state index in [-0.39, 0.29) is 12.8 Å². The van der Waals surface area contributed by atoms with Gasteiger partial charge in [-0.2, -0.15) is 0 Å². The van der Waals surface area contributed by atoms with Crippen LogP contribution in [0.25, 0.3) is 0 Å². The standard InChI is InChI=1S/C40H75O13P/c1-3-5-7-9-11-13-15-16-17-18-19-21-22-24-26-28-33(41)50-30-32(52-34(42)29-27-25-23-20-14-12-10-8-6-4-2)31-51-54(48,49)53-40-38(46)36(44)35(43)37(45)39(40)47/h8,10,32,35-40,43-47H,3-7,9,11-31H2,1-2H3,(H,48,49)/b10-8-. The third-order valence-electron chi connectivity index (χ3n) is 9.84. The summed E-state index contributed by atoms with van der Waals surface area (Å²) < 4.78 is 33.4. The molecule has 14 heteroatoms. The molecule has 54 heavy (non-hydrogen) atoms. The fraction of sp³-hybridized carbons (Fsp3) is 0.900. The van der Waals surface area contributed by atoms with Crippen molar-refractivity contribution < 1.29 is 63.1 Å². The molecule has 6 unspecified atom stereocenters. The first-order chi connectivity index (χ1) is 25.9. The highest BCUT2D eigenvalue weighted by Crippen LogP contribution is 2.47. The number of unbranched alkanes of at least 4 members (excludes halogenated alkanes) is 20. The van der Waals surface area contributed by atoms with Gasteiger partial charge in [0, 0.05) is 12.8 Å². The minimum Gasteiger partial charge on any atom is -0.462 e. The van der Waals surface area contributed by atoms with Crippen molar-refractivity contribution in [3.8, 4) is 0 Å². The Morgan fingerprint density at radius 2 is 0.981 bits per heavy atom. The molecule has 1 rings (SSSR count). The highest BCUT2D eigenvalue weighted by Gasteiger charge is 2.51.